The van der Waals surface area contributed by atoms with Crippen LogP contribution in [0.25, 0.3) is 32.9 Å². The van der Waals surface area contributed by atoms with Gasteiger partial charge in [0, 0.05) is 28.4 Å². The highest BCUT2D eigenvalue weighted by Gasteiger charge is 2.20. The van der Waals surface area contributed by atoms with Gasteiger partial charge >= 0.3 is 0 Å². The highest BCUT2D eigenvalue weighted by molar-refractivity contribution is 6.09. The molecule has 0 aliphatic carbocycles. The Morgan fingerprint density at radius 1 is 0.696 bits per heavy atom. The van der Waals surface area contributed by atoms with E-state index in [-0.39, 0.29) is 0 Å². The number of benzene rings is 3. The molecular formula is C20H18N3+. The lowest BCUT2D eigenvalue weighted by atomic mass is 9.99. The first-order chi connectivity index (χ1) is 11.1. The monoisotopic (exact) mass is 300 g/mol. The van der Waals surface area contributed by atoms with E-state index in [2.05, 4.69) is 54.1 Å². The van der Waals surface area contributed by atoms with Crippen molar-refractivity contribution in [2.75, 3.05) is 11.5 Å². The van der Waals surface area contributed by atoms with Crippen molar-refractivity contribution in [2.24, 2.45) is 7.05 Å². The normalized spacial score (nSPS) is 11.2. The van der Waals surface area contributed by atoms with Crippen LogP contribution in [0.3, 0.4) is 0 Å². The Hall–Kier alpha value is -3.07. The molecule has 0 saturated carbocycles. The van der Waals surface area contributed by atoms with Crippen LogP contribution in [-0.4, -0.2) is 0 Å². The fraction of sp³-hybridized carbons (Fsp3) is 0.0500. The number of hydrogen-bond acceptors (Lipinski definition) is 2. The van der Waals surface area contributed by atoms with Crippen LogP contribution in [0.15, 0.2) is 66.7 Å². The highest BCUT2D eigenvalue weighted by atomic mass is 14.9. The molecule has 1 aromatic heterocycles. The lowest BCUT2D eigenvalue weighted by Gasteiger charge is -2.10. The lowest BCUT2D eigenvalue weighted by molar-refractivity contribution is -0.632. The Morgan fingerprint density at radius 3 is 2.09 bits per heavy atom. The van der Waals surface area contributed by atoms with Crippen LogP contribution in [0.5, 0.6) is 0 Å². The van der Waals surface area contributed by atoms with Crippen molar-refractivity contribution in [3.8, 4) is 11.3 Å². The zero-order valence-corrected chi connectivity index (χ0v) is 13.0. The number of rotatable bonds is 1. The second-order valence-corrected chi connectivity index (χ2v) is 5.85. The van der Waals surface area contributed by atoms with E-state index in [1.807, 2.05) is 24.3 Å². The molecule has 3 nitrogen and oxygen atoms in total. The average molecular weight is 300 g/mol. The van der Waals surface area contributed by atoms with Crippen LogP contribution in [-0.2, 0) is 7.05 Å². The Labute approximate surface area is 134 Å². The van der Waals surface area contributed by atoms with Crippen molar-refractivity contribution in [1.29, 1.82) is 0 Å². The molecule has 4 N–H and O–H groups in total. The van der Waals surface area contributed by atoms with Crippen LogP contribution in [0.1, 0.15) is 0 Å². The molecular weight excluding hydrogens is 282 g/mol. The minimum absolute atomic E-state index is 0.769. The molecule has 4 rings (SSSR count). The average Bonchev–Trinajstić information content (AvgIpc) is 2.57. The number of aromatic nitrogens is 1. The summed E-state index contributed by atoms with van der Waals surface area (Å²) in [5.74, 6) is 0. The highest BCUT2D eigenvalue weighted by Crippen LogP contribution is 2.31. The van der Waals surface area contributed by atoms with Gasteiger partial charge in [-0.2, -0.15) is 4.57 Å². The van der Waals surface area contributed by atoms with E-state index >= 15 is 0 Å². The Morgan fingerprint density at radius 2 is 1.35 bits per heavy atom. The van der Waals surface area contributed by atoms with Gasteiger partial charge in [-0.15, -0.1) is 0 Å². The third-order valence-corrected chi connectivity index (χ3v) is 4.38. The first kappa shape index (κ1) is 13.6. The second-order valence-electron chi connectivity index (χ2n) is 5.85. The molecule has 0 spiro atoms. The Balaban J connectivity index is 2.20. The zero-order valence-electron chi connectivity index (χ0n) is 13.0. The molecule has 3 heteroatoms. The van der Waals surface area contributed by atoms with E-state index in [0.717, 1.165) is 22.5 Å². The molecule has 0 aliphatic heterocycles. The molecule has 112 valence electrons. The van der Waals surface area contributed by atoms with E-state index in [1.165, 1.54) is 21.9 Å². The maximum atomic E-state index is 6.02. The van der Waals surface area contributed by atoms with Gasteiger partial charge in [0.05, 0.1) is 10.8 Å². The smallest absolute Gasteiger partial charge is 0.220 e. The van der Waals surface area contributed by atoms with E-state index in [1.54, 1.807) is 0 Å². The molecule has 0 amide bonds. The molecule has 0 radical (unpaired) electrons. The van der Waals surface area contributed by atoms with Gasteiger partial charge in [-0.1, -0.05) is 18.2 Å². The van der Waals surface area contributed by atoms with Gasteiger partial charge in [-0.25, -0.2) is 0 Å². The van der Waals surface area contributed by atoms with Crippen molar-refractivity contribution < 1.29 is 4.57 Å². The minimum Gasteiger partial charge on any atom is -0.399 e. The van der Waals surface area contributed by atoms with Crippen molar-refractivity contribution in [3.05, 3.63) is 66.7 Å². The molecule has 0 fully saturated rings. The third kappa shape index (κ3) is 2.09. The molecule has 0 bridgehead atoms. The number of nitrogens with zero attached hydrogens (tertiary/aromatic N) is 1. The number of nitrogens with two attached hydrogens (primary N) is 2. The summed E-state index contributed by atoms with van der Waals surface area (Å²) < 4.78 is 2.21. The number of pyridine rings is 1. The van der Waals surface area contributed by atoms with Crippen molar-refractivity contribution >= 4 is 33.1 Å². The molecule has 0 saturated heterocycles. The topological polar surface area (TPSA) is 55.9 Å². The molecule has 0 atom stereocenters. The van der Waals surface area contributed by atoms with Crippen LogP contribution in [0.4, 0.5) is 11.4 Å². The summed E-state index contributed by atoms with van der Waals surface area (Å²) in [6.45, 7) is 0. The zero-order chi connectivity index (χ0) is 16.0. The van der Waals surface area contributed by atoms with Gasteiger partial charge < -0.3 is 11.5 Å². The number of fused-ring (bicyclic) bond motifs is 3. The van der Waals surface area contributed by atoms with E-state index in [0.29, 0.717) is 0 Å². The quantitative estimate of drug-likeness (QED) is 0.320. The van der Waals surface area contributed by atoms with Gasteiger partial charge in [0.1, 0.15) is 7.05 Å². The predicted molar refractivity (Wildman–Crippen MR) is 96.9 cm³/mol. The molecule has 1 heterocycles. The summed E-state index contributed by atoms with van der Waals surface area (Å²) in [6.07, 6.45) is 0. The van der Waals surface area contributed by atoms with Crippen LogP contribution in [0, 0.1) is 0 Å². The standard InChI is InChI=1S/C20H17N3/c1-23-19-12-15(22)10-11-17(19)16-4-2-3-5-18(16)20(23)13-6-8-14(21)9-7-13/h2-12H,1H3,(H3,21,22)/p+1. The fourth-order valence-corrected chi connectivity index (χ4v) is 3.27. The summed E-state index contributed by atoms with van der Waals surface area (Å²) in [6, 6.07) is 22.6. The third-order valence-electron chi connectivity index (χ3n) is 4.38. The van der Waals surface area contributed by atoms with E-state index in [9.17, 15) is 0 Å². The number of aryl methyl sites for hydroxylation is 1. The van der Waals surface area contributed by atoms with Gasteiger partial charge in [-0.3, -0.25) is 0 Å². The molecule has 3 aromatic carbocycles. The number of hydrogen-bond donors (Lipinski definition) is 2. The van der Waals surface area contributed by atoms with Crippen LogP contribution in [0.2, 0.25) is 0 Å². The fourth-order valence-electron chi connectivity index (χ4n) is 3.27. The van der Waals surface area contributed by atoms with E-state index in [4.69, 9.17) is 11.5 Å². The first-order valence-corrected chi connectivity index (χ1v) is 7.61. The maximum Gasteiger partial charge on any atom is 0.220 e. The van der Waals surface area contributed by atoms with Crippen molar-refractivity contribution in [3.63, 3.8) is 0 Å². The summed E-state index contributed by atoms with van der Waals surface area (Å²) in [7, 11) is 2.08. The summed E-state index contributed by atoms with van der Waals surface area (Å²) in [5.41, 5.74) is 16.8. The molecule has 23 heavy (non-hydrogen) atoms. The lowest BCUT2D eigenvalue weighted by Crippen LogP contribution is -2.32. The summed E-state index contributed by atoms with van der Waals surface area (Å²) in [4.78, 5) is 0. The summed E-state index contributed by atoms with van der Waals surface area (Å²) >= 11 is 0. The summed E-state index contributed by atoms with van der Waals surface area (Å²) in [5, 5.41) is 3.65. The first-order valence-electron chi connectivity index (χ1n) is 7.61. The predicted octanol–water partition coefficient (Wildman–Crippen LogP) is 3.65. The number of anilines is 2. The largest absolute Gasteiger partial charge is 0.399 e. The van der Waals surface area contributed by atoms with Crippen molar-refractivity contribution in [2.45, 2.75) is 0 Å². The SMILES string of the molecule is C[n+]1c(-c2ccc(N)cc2)c2ccccc2c2ccc(N)cc21. The Bertz CT molecular complexity index is 1030. The van der Waals surface area contributed by atoms with Gasteiger partial charge in [-0.05, 0) is 42.5 Å². The van der Waals surface area contributed by atoms with E-state index < -0.39 is 0 Å². The molecule has 4 aromatic rings. The van der Waals surface area contributed by atoms with Gasteiger partial charge in [0.15, 0.2) is 0 Å². The minimum atomic E-state index is 0.769. The van der Waals surface area contributed by atoms with Crippen LogP contribution >= 0.6 is 0 Å². The van der Waals surface area contributed by atoms with Crippen molar-refractivity contribution in [1.82, 2.24) is 0 Å². The number of nitrogen functional groups attached to an aromatic ring is 2. The van der Waals surface area contributed by atoms with Gasteiger partial charge in [0.2, 0.25) is 11.2 Å². The maximum absolute atomic E-state index is 6.02. The van der Waals surface area contributed by atoms with Gasteiger partial charge in [0.25, 0.3) is 0 Å². The molecule has 0 unspecified atom stereocenters. The molecule has 0 aliphatic rings. The Kier molecular flexibility index (Phi) is 2.95. The second kappa shape index (κ2) is 4.99. The van der Waals surface area contributed by atoms with Crippen LogP contribution < -0.4 is 16.0 Å².